The molecule has 0 aromatic carbocycles. The zero-order chi connectivity index (χ0) is 15.3. The lowest BCUT2D eigenvalue weighted by atomic mass is 9.94. The van der Waals surface area contributed by atoms with Crippen molar-refractivity contribution in [1.82, 2.24) is 4.90 Å². The first-order valence-corrected chi connectivity index (χ1v) is 8.49. The van der Waals surface area contributed by atoms with E-state index in [2.05, 4.69) is 27.7 Å². The second kappa shape index (κ2) is 7.34. The van der Waals surface area contributed by atoms with Crippen molar-refractivity contribution in [3.63, 3.8) is 0 Å². The molecular formula is C15H27NO3S. The highest BCUT2D eigenvalue weighted by atomic mass is 32.2. The highest BCUT2D eigenvalue weighted by Gasteiger charge is 2.45. The van der Waals surface area contributed by atoms with Crippen LogP contribution in [0.1, 0.15) is 59.8 Å². The van der Waals surface area contributed by atoms with Crippen LogP contribution >= 0.6 is 11.8 Å². The summed E-state index contributed by atoms with van der Waals surface area (Å²) in [5, 5.41) is 9.28. The summed E-state index contributed by atoms with van der Waals surface area (Å²) >= 11 is 1.59. The number of carboxylic acid groups (broad SMARTS) is 1. The maximum absolute atomic E-state index is 12.4. The molecule has 1 rings (SSSR count). The standard InChI is InChI=1S/C15H27NO3S/c1-5-6-7-8-9-12(17)16-11(13(18)19)10-20-14(16)15(2,3)4/h11,14H,5-10H2,1-4H3,(H,18,19). The summed E-state index contributed by atoms with van der Waals surface area (Å²) in [6, 6.07) is -0.664. The zero-order valence-electron chi connectivity index (χ0n) is 13.0. The number of hydrogen-bond acceptors (Lipinski definition) is 3. The van der Waals surface area contributed by atoms with Gasteiger partial charge >= 0.3 is 5.97 Å². The monoisotopic (exact) mass is 301 g/mol. The van der Waals surface area contributed by atoms with Crippen LogP contribution in [0.2, 0.25) is 0 Å². The molecule has 2 unspecified atom stereocenters. The van der Waals surface area contributed by atoms with Crippen LogP contribution in [0.25, 0.3) is 0 Å². The minimum Gasteiger partial charge on any atom is -0.480 e. The van der Waals surface area contributed by atoms with Crippen LogP contribution < -0.4 is 0 Å². The molecule has 4 nitrogen and oxygen atoms in total. The predicted molar refractivity (Wildman–Crippen MR) is 82.7 cm³/mol. The van der Waals surface area contributed by atoms with Crippen molar-refractivity contribution in [2.75, 3.05) is 5.75 Å². The molecule has 2 atom stereocenters. The molecule has 0 radical (unpaired) electrons. The maximum Gasteiger partial charge on any atom is 0.327 e. The molecule has 1 aliphatic rings. The van der Waals surface area contributed by atoms with E-state index in [9.17, 15) is 14.7 Å². The Morgan fingerprint density at radius 1 is 1.25 bits per heavy atom. The third-order valence-corrected chi connectivity index (χ3v) is 5.32. The molecule has 0 aromatic heterocycles. The van der Waals surface area contributed by atoms with E-state index in [4.69, 9.17) is 0 Å². The van der Waals surface area contributed by atoms with Gasteiger partial charge < -0.3 is 10.0 Å². The number of thioether (sulfide) groups is 1. The molecule has 1 N–H and O–H groups in total. The molecule has 0 spiro atoms. The second-order valence-corrected chi connectivity index (χ2v) is 7.63. The number of nitrogens with zero attached hydrogens (tertiary/aromatic N) is 1. The molecule has 0 saturated carbocycles. The van der Waals surface area contributed by atoms with Gasteiger partial charge in [0.05, 0.1) is 5.37 Å². The Hall–Kier alpha value is -0.710. The Labute approximate surface area is 126 Å². The highest BCUT2D eigenvalue weighted by molar-refractivity contribution is 8.00. The first-order chi connectivity index (χ1) is 9.29. The number of carbonyl (C=O) groups is 2. The van der Waals surface area contributed by atoms with Crippen LogP contribution in [-0.2, 0) is 9.59 Å². The topological polar surface area (TPSA) is 57.6 Å². The fourth-order valence-electron chi connectivity index (χ4n) is 2.50. The fraction of sp³-hybridized carbons (Fsp3) is 0.867. The van der Waals surface area contributed by atoms with Crippen LogP contribution in [0.4, 0.5) is 0 Å². The highest BCUT2D eigenvalue weighted by Crippen LogP contribution is 2.40. The lowest BCUT2D eigenvalue weighted by Crippen LogP contribution is -2.49. The number of carbonyl (C=O) groups excluding carboxylic acids is 1. The Bertz CT molecular complexity index is 352. The van der Waals surface area contributed by atoms with E-state index >= 15 is 0 Å². The lowest BCUT2D eigenvalue weighted by Gasteiger charge is -2.35. The molecule has 5 heteroatoms. The third kappa shape index (κ3) is 4.40. The van der Waals surface area contributed by atoms with Gasteiger partial charge in [0, 0.05) is 12.2 Å². The lowest BCUT2D eigenvalue weighted by molar-refractivity contribution is -0.150. The van der Waals surface area contributed by atoms with Crippen molar-refractivity contribution in [1.29, 1.82) is 0 Å². The SMILES string of the molecule is CCCCCCC(=O)N1C(C(=O)O)CSC1C(C)(C)C. The molecule has 1 heterocycles. The van der Waals surface area contributed by atoms with Gasteiger partial charge in [-0.15, -0.1) is 11.8 Å². The van der Waals surface area contributed by atoms with Gasteiger partial charge in [0.2, 0.25) is 5.91 Å². The third-order valence-electron chi connectivity index (χ3n) is 3.56. The number of amides is 1. The molecule has 1 fully saturated rings. The van der Waals surface area contributed by atoms with Crippen molar-refractivity contribution in [2.45, 2.75) is 71.2 Å². The largest absolute Gasteiger partial charge is 0.480 e. The minimum absolute atomic E-state index is 0.00146. The summed E-state index contributed by atoms with van der Waals surface area (Å²) in [6.45, 7) is 8.32. The molecule has 1 aliphatic heterocycles. The molecule has 0 aromatic rings. The van der Waals surface area contributed by atoms with Gasteiger partial charge in [-0.3, -0.25) is 4.79 Å². The van der Waals surface area contributed by atoms with Crippen LogP contribution in [-0.4, -0.2) is 39.1 Å². The van der Waals surface area contributed by atoms with Crippen molar-refractivity contribution < 1.29 is 14.7 Å². The van der Waals surface area contributed by atoms with E-state index in [0.717, 1.165) is 25.7 Å². The smallest absolute Gasteiger partial charge is 0.327 e. The summed E-state index contributed by atoms with van der Waals surface area (Å²) in [7, 11) is 0. The maximum atomic E-state index is 12.4. The van der Waals surface area contributed by atoms with E-state index in [-0.39, 0.29) is 16.7 Å². The van der Waals surface area contributed by atoms with Crippen LogP contribution in [0, 0.1) is 5.41 Å². The van der Waals surface area contributed by atoms with Crippen LogP contribution in [0.3, 0.4) is 0 Å². The molecular weight excluding hydrogens is 274 g/mol. The molecule has 1 amide bonds. The van der Waals surface area contributed by atoms with E-state index in [0.29, 0.717) is 12.2 Å². The normalized spacial score (nSPS) is 23.1. The predicted octanol–water partition coefficient (Wildman–Crippen LogP) is 3.36. The molecule has 0 aliphatic carbocycles. The summed E-state index contributed by atoms with van der Waals surface area (Å²) in [5.74, 6) is -0.387. The average molecular weight is 301 g/mol. The van der Waals surface area contributed by atoms with Gasteiger partial charge in [-0.2, -0.15) is 0 Å². The summed E-state index contributed by atoms with van der Waals surface area (Å²) < 4.78 is 0. The van der Waals surface area contributed by atoms with Gasteiger partial charge in [0.25, 0.3) is 0 Å². The number of carboxylic acids is 1. The number of hydrogen-bond donors (Lipinski definition) is 1. The van der Waals surface area contributed by atoms with E-state index in [1.165, 1.54) is 0 Å². The summed E-state index contributed by atoms with van der Waals surface area (Å²) in [5.41, 5.74) is -0.103. The minimum atomic E-state index is -0.883. The van der Waals surface area contributed by atoms with Gasteiger partial charge in [-0.25, -0.2) is 4.79 Å². The zero-order valence-corrected chi connectivity index (χ0v) is 13.8. The van der Waals surface area contributed by atoms with Crippen molar-refractivity contribution >= 4 is 23.6 Å². The van der Waals surface area contributed by atoms with Gasteiger partial charge in [-0.1, -0.05) is 47.0 Å². The van der Waals surface area contributed by atoms with Gasteiger partial charge in [0.15, 0.2) is 0 Å². The molecule has 1 saturated heterocycles. The van der Waals surface area contributed by atoms with E-state index in [1.807, 2.05) is 0 Å². The summed E-state index contributed by atoms with van der Waals surface area (Å²) in [4.78, 5) is 25.4. The first kappa shape index (κ1) is 17.3. The Kier molecular flexibility index (Phi) is 6.37. The molecule has 20 heavy (non-hydrogen) atoms. The Balaban J connectivity index is 2.72. The van der Waals surface area contributed by atoms with Crippen LogP contribution in [0.15, 0.2) is 0 Å². The van der Waals surface area contributed by atoms with Gasteiger partial charge in [0.1, 0.15) is 6.04 Å². The van der Waals surface area contributed by atoms with E-state index in [1.54, 1.807) is 16.7 Å². The fourth-order valence-corrected chi connectivity index (χ4v) is 4.09. The van der Waals surface area contributed by atoms with E-state index < -0.39 is 12.0 Å². The Morgan fingerprint density at radius 2 is 1.90 bits per heavy atom. The quantitative estimate of drug-likeness (QED) is 0.764. The second-order valence-electron chi connectivity index (χ2n) is 6.52. The Morgan fingerprint density at radius 3 is 2.40 bits per heavy atom. The van der Waals surface area contributed by atoms with Crippen molar-refractivity contribution in [3.8, 4) is 0 Å². The molecule has 116 valence electrons. The molecule has 0 bridgehead atoms. The van der Waals surface area contributed by atoms with Crippen LogP contribution in [0.5, 0.6) is 0 Å². The average Bonchev–Trinajstić information content (AvgIpc) is 2.79. The van der Waals surface area contributed by atoms with Gasteiger partial charge in [-0.05, 0) is 11.8 Å². The first-order valence-electron chi connectivity index (χ1n) is 7.44. The van der Waals surface area contributed by atoms with Crippen molar-refractivity contribution in [2.24, 2.45) is 5.41 Å². The van der Waals surface area contributed by atoms with Crippen molar-refractivity contribution in [3.05, 3.63) is 0 Å². The number of rotatable bonds is 6. The summed E-state index contributed by atoms with van der Waals surface area (Å²) in [6.07, 6.45) is 4.64. The number of unbranched alkanes of at least 4 members (excludes halogenated alkanes) is 3. The number of aliphatic carboxylic acids is 1.